The zero-order valence-electron chi connectivity index (χ0n) is 19.3. The van der Waals surface area contributed by atoms with Gasteiger partial charge in [0.05, 0.1) is 5.69 Å². The molecule has 0 fully saturated rings. The summed E-state index contributed by atoms with van der Waals surface area (Å²) in [6.45, 7) is 5.47. The molecule has 4 rings (SSSR count). The van der Waals surface area contributed by atoms with Crippen molar-refractivity contribution in [3.63, 3.8) is 0 Å². The van der Waals surface area contributed by atoms with Gasteiger partial charge in [-0.1, -0.05) is 44.2 Å². The van der Waals surface area contributed by atoms with Gasteiger partial charge in [0.25, 0.3) is 0 Å². The van der Waals surface area contributed by atoms with Crippen molar-refractivity contribution in [3.8, 4) is 0 Å². The van der Waals surface area contributed by atoms with Crippen molar-refractivity contribution < 1.29 is 14.0 Å². The maximum absolute atomic E-state index is 13.2. The molecule has 8 heteroatoms. The van der Waals surface area contributed by atoms with E-state index >= 15 is 0 Å². The Hall–Kier alpha value is -3.52. The third-order valence-corrected chi connectivity index (χ3v) is 6.73. The SMILES string of the molecule is Cc1nc(NC(=O)C(Cc2c[nH]c3ccccc23)NC(=O)C(C)C)sc1Cc1ccc(F)cc1. The Labute approximate surface area is 201 Å². The molecule has 0 saturated heterocycles. The van der Waals surface area contributed by atoms with Gasteiger partial charge in [-0.15, -0.1) is 11.3 Å². The predicted molar refractivity (Wildman–Crippen MR) is 133 cm³/mol. The van der Waals surface area contributed by atoms with Crippen molar-refractivity contribution in [1.82, 2.24) is 15.3 Å². The lowest BCUT2D eigenvalue weighted by Gasteiger charge is -2.19. The van der Waals surface area contributed by atoms with Crippen molar-refractivity contribution in [2.45, 2.75) is 39.7 Å². The molecule has 0 saturated carbocycles. The van der Waals surface area contributed by atoms with Crippen LogP contribution in [-0.4, -0.2) is 27.8 Å². The molecule has 4 aromatic rings. The molecule has 0 aliphatic carbocycles. The minimum atomic E-state index is -0.751. The smallest absolute Gasteiger partial charge is 0.249 e. The highest BCUT2D eigenvalue weighted by Crippen LogP contribution is 2.26. The molecule has 34 heavy (non-hydrogen) atoms. The number of aromatic nitrogens is 2. The van der Waals surface area contributed by atoms with Crippen molar-refractivity contribution in [2.75, 3.05) is 5.32 Å². The van der Waals surface area contributed by atoms with E-state index in [1.165, 1.54) is 23.5 Å². The number of aromatic amines is 1. The van der Waals surface area contributed by atoms with E-state index in [0.29, 0.717) is 18.0 Å². The van der Waals surface area contributed by atoms with Crippen LogP contribution in [0.2, 0.25) is 0 Å². The summed E-state index contributed by atoms with van der Waals surface area (Å²) >= 11 is 1.38. The molecule has 2 heterocycles. The van der Waals surface area contributed by atoms with Gasteiger partial charge in [-0.3, -0.25) is 9.59 Å². The predicted octanol–water partition coefficient (Wildman–Crippen LogP) is 4.98. The first-order valence-electron chi connectivity index (χ1n) is 11.2. The van der Waals surface area contributed by atoms with Crippen LogP contribution < -0.4 is 10.6 Å². The zero-order valence-corrected chi connectivity index (χ0v) is 20.1. The first kappa shape index (κ1) is 23.6. The topological polar surface area (TPSA) is 86.9 Å². The number of nitrogens with zero attached hydrogens (tertiary/aromatic N) is 1. The second-order valence-corrected chi connectivity index (χ2v) is 9.68. The normalized spacial score (nSPS) is 12.1. The van der Waals surface area contributed by atoms with Gasteiger partial charge in [-0.05, 0) is 36.2 Å². The summed E-state index contributed by atoms with van der Waals surface area (Å²) in [5.41, 5.74) is 3.71. The summed E-state index contributed by atoms with van der Waals surface area (Å²) in [6.07, 6.45) is 2.82. The highest BCUT2D eigenvalue weighted by atomic mass is 32.1. The fraction of sp³-hybridized carbons (Fsp3) is 0.269. The van der Waals surface area contributed by atoms with Crippen LogP contribution in [0.15, 0.2) is 54.7 Å². The lowest BCUT2D eigenvalue weighted by molar-refractivity contribution is -0.128. The number of nitrogens with one attached hydrogen (secondary N) is 3. The second kappa shape index (κ2) is 10.2. The largest absolute Gasteiger partial charge is 0.361 e. The summed E-state index contributed by atoms with van der Waals surface area (Å²) < 4.78 is 13.2. The number of benzene rings is 2. The summed E-state index contributed by atoms with van der Waals surface area (Å²) in [6, 6.07) is 13.5. The fourth-order valence-corrected chi connectivity index (χ4v) is 4.69. The minimum Gasteiger partial charge on any atom is -0.361 e. The Kier molecular flexibility index (Phi) is 7.07. The second-order valence-electron chi connectivity index (χ2n) is 8.60. The van der Waals surface area contributed by atoms with Gasteiger partial charge in [0, 0.05) is 40.7 Å². The third-order valence-electron chi connectivity index (χ3n) is 5.66. The summed E-state index contributed by atoms with van der Waals surface area (Å²) in [4.78, 5) is 34.4. The number of rotatable bonds is 8. The van der Waals surface area contributed by atoms with E-state index in [2.05, 4.69) is 20.6 Å². The Morgan fingerprint density at radius 3 is 2.56 bits per heavy atom. The average molecular weight is 479 g/mol. The van der Waals surface area contributed by atoms with Crippen LogP contribution in [0.5, 0.6) is 0 Å². The molecular formula is C26H27FN4O2S. The first-order valence-corrected chi connectivity index (χ1v) is 12.0. The number of fused-ring (bicyclic) bond motifs is 1. The van der Waals surface area contributed by atoms with E-state index in [9.17, 15) is 14.0 Å². The quantitative estimate of drug-likeness (QED) is 0.334. The number of thiazole rings is 1. The number of anilines is 1. The van der Waals surface area contributed by atoms with Gasteiger partial charge in [0.15, 0.2) is 5.13 Å². The van der Waals surface area contributed by atoms with Gasteiger partial charge in [0.2, 0.25) is 11.8 Å². The number of hydrogen-bond donors (Lipinski definition) is 3. The number of halogens is 1. The summed E-state index contributed by atoms with van der Waals surface area (Å²) in [5, 5.41) is 7.26. The van der Waals surface area contributed by atoms with E-state index in [-0.39, 0.29) is 23.5 Å². The first-order chi connectivity index (χ1) is 16.3. The molecule has 6 nitrogen and oxygen atoms in total. The average Bonchev–Trinajstić information content (AvgIpc) is 3.37. The lowest BCUT2D eigenvalue weighted by atomic mass is 10.0. The van der Waals surface area contributed by atoms with E-state index in [0.717, 1.165) is 32.6 Å². The maximum Gasteiger partial charge on any atom is 0.249 e. The van der Waals surface area contributed by atoms with E-state index < -0.39 is 6.04 Å². The molecule has 2 aromatic heterocycles. The highest BCUT2D eigenvalue weighted by Gasteiger charge is 2.25. The Morgan fingerprint density at radius 1 is 1.09 bits per heavy atom. The number of para-hydroxylation sites is 1. The lowest BCUT2D eigenvalue weighted by Crippen LogP contribution is -2.46. The van der Waals surface area contributed by atoms with Gasteiger partial charge >= 0.3 is 0 Å². The van der Waals surface area contributed by atoms with E-state index in [4.69, 9.17) is 0 Å². The number of amides is 2. The number of carbonyl (C=O) groups is 2. The van der Waals surface area contributed by atoms with E-state index in [1.807, 2.05) is 37.4 Å². The molecule has 1 atom stereocenters. The molecule has 0 radical (unpaired) electrons. The van der Waals surface area contributed by atoms with Crippen molar-refractivity contribution in [2.24, 2.45) is 5.92 Å². The summed E-state index contributed by atoms with van der Waals surface area (Å²) in [5.74, 6) is -1.03. The Bertz CT molecular complexity index is 1310. The van der Waals surface area contributed by atoms with Crippen LogP contribution in [0.25, 0.3) is 10.9 Å². The number of H-pyrrole nitrogens is 1. The van der Waals surface area contributed by atoms with Gasteiger partial charge in [0.1, 0.15) is 11.9 Å². The van der Waals surface area contributed by atoms with Crippen LogP contribution in [0.3, 0.4) is 0 Å². The van der Waals surface area contributed by atoms with Crippen molar-refractivity contribution in [1.29, 1.82) is 0 Å². The minimum absolute atomic E-state index is 0.188. The van der Waals surface area contributed by atoms with Crippen LogP contribution in [0, 0.1) is 18.7 Å². The van der Waals surface area contributed by atoms with Crippen LogP contribution in [0.1, 0.15) is 35.5 Å². The molecule has 176 valence electrons. The number of hydrogen-bond acceptors (Lipinski definition) is 4. The van der Waals surface area contributed by atoms with Crippen molar-refractivity contribution in [3.05, 3.63) is 82.2 Å². The van der Waals surface area contributed by atoms with E-state index in [1.54, 1.807) is 26.0 Å². The van der Waals surface area contributed by atoms with Gasteiger partial charge < -0.3 is 15.6 Å². The maximum atomic E-state index is 13.2. The molecule has 0 aliphatic heterocycles. The molecule has 1 unspecified atom stereocenters. The Balaban J connectivity index is 1.52. The van der Waals surface area contributed by atoms with Crippen LogP contribution >= 0.6 is 11.3 Å². The molecule has 3 N–H and O–H groups in total. The standard InChI is InChI=1S/C26H27FN4O2S/c1-15(2)24(32)30-22(13-18-14-28-21-7-5-4-6-20(18)21)25(33)31-26-29-16(3)23(34-26)12-17-8-10-19(27)11-9-17/h4-11,14-15,22,28H,12-13H2,1-3H3,(H,30,32)(H,29,31,33). The molecule has 0 spiro atoms. The van der Waals surface area contributed by atoms with Crippen LogP contribution in [-0.2, 0) is 22.4 Å². The molecule has 2 amide bonds. The molecule has 0 bridgehead atoms. The van der Waals surface area contributed by atoms with Gasteiger partial charge in [-0.25, -0.2) is 9.37 Å². The Morgan fingerprint density at radius 2 is 1.82 bits per heavy atom. The molecular weight excluding hydrogens is 451 g/mol. The van der Waals surface area contributed by atoms with Crippen molar-refractivity contribution >= 4 is 39.2 Å². The molecule has 2 aromatic carbocycles. The number of carbonyl (C=O) groups excluding carboxylic acids is 2. The zero-order chi connectivity index (χ0) is 24.2. The number of aryl methyl sites for hydroxylation is 1. The highest BCUT2D eigenvalue weighted by molar-refractivity contribution is 7.15. The van der Waals surface area contributed by atoms with Gasteiger partial charge in [-0.2, -0.15) is 0 Å². The third kappa shape index (κ3) is 5.51. The fourth-order valence-electron chi connectivity index (χ4n) is 3.69. The van der Waals surface area contributed by atoms with Crippen LogP contribution in [0.4, 0.5) is 9.52 Å². The summed E-state index contributed by atoms with van der Waals surface area (Å²) in [7, 11) is 0. The molecule has 0 aliphatic rings. The monoisotopic (exact) mass is 478 g/mol.